The van der Waals surface area contributed by atoms with E-state index in [1.807, 2.05) is 0 Å². The van der Waals surface area contributed by atoms with Crippen molar-refractivity contribution in [2.24, 2.45) is 0 Å². The van der Waals surface area contributed by atoms with Crippen LogP contribution in [0.4, 0.5) is 0 Å². The molecule has 0 bridgehead atoms. The summed E-state index contributed by atoms with van der Waals surface area (Å²) < 4.78 is 482. The molecule has 3 aromatic heterocycles. The molecule has 0 atom stereocenters. The third-order valence-electron chi connectivity index (χ3n) is 12.5. The molecule has 6 heteroatoms. The van der Waals surface area contributed by atoms with Gasteiger partial charge in [0.2, 0.25) is 0 Å². The predicted molar refractivity (Wildman–Crippen MR) is 339 cm³/mol. The molecular formula is C75H51GeN5. The molecule has 3 heterocycles. The van der Waals surface area contributed by atoms with Crippen LogP contribution in [0.25, 0.3) is 111 Å². The summed E-state index contributed by atoms with van der Waals surface area (Å²) in [4.78, 5) is 13.8. The number of hydrogen-bond donors (Lipinski definition) is 0. The molecule has 0 spiro atoms. The fourth-order valence-corrected chi connectivity index (χ4v) is 16.9. The van der Waals surface area contributed by atoms with Crippen LogP contribution in [0.2, 0.25) is 0 Å². The SMILES string of the molecule is [2H]c1c([2H])c([2H])c(-c2c([2H])c([2H])c([2H])[c]([Ge]([c]3c([2H])c([2H])c([2H])c(-c4nc(-c5c([2H])c([2H])c([2H])c([2H])c5-n5c6c([2H])c([2H])c([2H])c([2H])c6c6c([2H])c([2H])c([2H])c([2H])c65)nc(-n5c6c([2H])c([2H])c([2H])c([2H])c6c6c([2H])c([2H])c([2H])c([2H])c65)n4)c3[2H])([c]3c([2H])c([2H])c([2H])c(-c4c([2H])c([2H])c([2H])c([2H])c4[2H])c3[2H])[c]3c([2H])c([2H])c([2H])c(-c4c([2H])c([2H])c([2H])c([2H])c4[2H])c3[2H])c2[2H])c([2H])c1[2H]. The summed E-state index contributed by atoms with van der Waals surface area (Å²) in [6, 6.07) is -69.8. The normalized spacial score (nSPS) is 20.5. The van der Waals surface area contributed by atoms with E-state index in [2.05, 4.69) is 15.0 Å². The van der Waals surface area contributed by atoms with Gasteiger partial charge in [-0.05, 0) is 0 Å². The van der Waals surface area contributed by atoms with Crippen LogP contribution in [-0.2, 0) is 0 Å². The molecule has 15 aromatic rings. The van der Waals surface area contributed by atoms with Crippen LogP contribution in [0.15, 0.2) is 308 Å². The standard InChI is InChI=1S/C75H51GeN5/c1-4-24-52(25-5-1)55-30-20-34-59(48-55)76(60-35-21-31-56(49-60)53-26-6-2-7-27-53,61-36-22-32-57(50-61)54-28-8-3-9-29-54)62-37-23-33-58(51-62)73-77-74(79-75(78-73)81-70-45-17-12-40-65(70)66-41-13-18-46-71(66)81)67-42-14-19-47-72(67)80-68-43-15-10-38-63(68)64-39-11-16-44-69(64)80/h1-51H/i1D,2D,3D,4D,5D,6D,7D,8D,9D,10D,11D,12D,13D,14D,15D,16D,17D,18D,19D,20D,21D,22D,23D,24D,25D,26D,27D,28D,29D,30D,31D,32D,33D,34D,35D,36D,37D,38D,39D,40D,41D,42D,43D,44D,45D,46D,47D,48D,49D,50D,51D. The summed E-state index contributed by atoms with van der Waals surface area (Å²) in [5.74, 6) is -4.43. The summed E-state index contributed by atoms with van der Waals surface area (Å²) >= 11 is -8.82. The topological polar surface area (TPSA) is 48.5 Å². The van der Waals surface area contributed by atoms with Gasteiger partial charge in [-0.15, -0.1) is 0 Å². The van der Waals surface area contributed by atoms with E-state index < -0.39 is 450 Å². The molecule has 15 rings (SSSR count). The maximum atomic E-state index is 11.4. The summed E-state index contributed by atoms with van der Waals surface area (Å²) in [5.41, 5.74) is -16.0. The summed E-state index contributed by atoms with van der Waals surface area (Å²) in [7, 11) is 0. The average molecular weight is 1150 g/mol. The van der Waals surface area contributed by atoms with Gasteiger partial charge in [0.1, 0.15) is 0 Å². The van der Waals surface area contributed by atoms with E-state index in [0.29, 0.717) is 9.13 Å². The van der Waals surface area contributed by atoms with Crippen molar-refractivity contribution in [1.82, 2.24) is 24.1 Å². The Labute approximate surface area is 544 Å². The Morgan fingerprint density at radius 3 is 1.01 bits per heavy atom. The predicted octanol–water partition coefficient (Wildman–Crippen LogP) is 15.8. The van der Waals surface area contributed by atoms with Gasteiger partial charge in [-0.2, -0.15) is 0 Å². The number of aromatic nitrogens is 5. The van der Waals surface area contributed by atoms with Gasteiger partial charge in [0.25, 0.3) is 0 Å². The monoisotopic (exact) mass is 1150 g/mol. The van der Waals surface area contributed by atoms with Crippen LogP contribution in [0.5, 0.6) is 0 Å². The molecule has 0 N–H and O–H groups in total. The Morgan fingerprint density at radius 1 is 0.259 bits per heavy atom. The molecule has 12 aromatic carbocycles. The van der Waals surface area contributed by atoms with E-state index in [-0.39, 0.29) is 0 Å². The van der Waals surface area contributed by atoms with E-state index in [4.69, 9.17) is 23.3 Å². The molecule has 0 aliphatic rings. The quantitative estimate of drug-likeness (QED) is 0.121. The Morgan fingerprint density at radius 2 is 0.580 bits per heavy atom. The second-order valence-corrected chi connectivity index (χ2v) is 24.2. The van der Waals surface area contributed by atoms with E-state index >= 15 is 0 Å². The number of rotatable bonds is 11. The number of hydrogen-bond acceptors (Lipinski definition) is 3. The minimum atomic E-state index is -8.82. The fraction of sp³-hybridized carbons (Fsp3) is 0. The molecule has 0 unspecified atom stereocenters. The van der Waals surface area contributed by atoms with E-state index in [0.717, 1.165) is 0 Å². The molecule has 81 heavy (non-hydrogen) atoms. The third kappa shape index (κ3) is 8.28. The van der Waals surface area contributed by atoms with Crippen molar-refractivity contribution in [2.45, 2.75) is 0 Å². The molecular weight excluding hydrogens is 1040 g/mol. The van der Waals surface area contributed by atoms with Crippen molar-refractivity contribution < 1.29 is 69.9 Å². The Hall–Kier alpha value is -10.2. The minimum absolute atomic E-state index is 0.455. The second-order valence-electron chi connectivity index (χ2n) is 16.8. The van der Waals surface area contributed by atoms with E-state index in [9.17, 15) is 46.6 Å². The van der Waals surface area contributed by atoms with Gasteiger partial charge >= 0.3 is 524 Å². The van der Waals surface area contributed by atoms with E-state index in [1.54, 1.807) is 0 Å². The molecule has 0 aliphatic carbocycles. The third-order valence-corrected chi connectivity index (χ3v) is 20.9. The van der Waals surface area contributed by atoms with Crippen molar-refractivity contribution in [3.63, 3.8) is 0 Å². The number of para-hydroxylation sites is 5. The summed E-state index contributed by atoms with van der Waals surface area (Å²) in [6.07, 6.45) is 0. The van der Waals surface area contributed by atoms with Crippen LogP contribution in [0.3, 0.4) is 0 Å². The maximum absolute atomic E-state index is 11.4. The van der Waals surface area contributed by atoms with Crippen LogP contribution < -0.4 is 17.6 Å². The molecule has 0 aliphatic heterocycles. The first-order valence-corrected chi connectivity index (χ1v) is 27.6. The average Bonchev–Trinajstić information content (AvgIpc) is 0.935. The molecule has 0 amide bonds. The molecule has 5 nitrogen and oxygen atoms in total. The van der Waals surface area contributed by atoms with Crippen LogP contribution >= 0.6 is 0 Å². The van der Waals surface area contributed by atoms with Crippen molar-refractivity contribution in [3.05, 3.63) is 308 Å². The van der Waals surface area contributed by atoms with Gasteiger partial charge < -0.3 is 0 Å². The van der Waals surface area contributed by atoms with Gasteiger partial charge in [-0.3, -0.25) is 0 Å². The van der Waals surface area contributed by atoms with Crippen LogP contribution in [-0.4, -0.2) is 37.4 Å². The number of fused-ring (bicyclic) bond motifs is 6. The molecule has 0 fully saturated rings. The van der Waals surface area contributed by atoms with Gasteiger partial charge in [-0.1, -0.05) is 12.1 Å². The second kappa shape index (κ2) is 20.2. The Kier molecular flexibility index (Phi) is 4.67. The summed E-state index contributed by atoms with van der Waals surface area (Å²) in [5, 5.41) is -3.16. The van der Waals surface area contributed by atoms with Crippen molar-refractivity contribution in [1.29, 1.82) is 0 Å². The zero-order valence-corrected chi connectivity index (χ0v) is 42.3. The summed E-state index contributed by atoms with van der Waals surface area (Å²) in [6.45, 7) is 0. The number of benzene rings is 12. The zero-order valence-electron chi connectivity index (χ0n) is 91.2. The van der Waals surface area contributed by atoms with Crippen LogP contribution in [0.1, 0.15) is 69.9 Å². The van der Waals surface area contributed by atoms with Gasteiger partial charge in [0.15, 0.2) is 0 Å². The first kappa shape index (κ1) is 18.7. The zero-order chi connectivity index (χ0) is 98.1. The van der Waals surface area contributed by atoms with Crippen molar-refractivity contribution in [3.8, 4) is 67.8 Å². The van der Waals surface area contributed by atoms with Crippen molar-refractivity contribution >= 4 is 74.5 Å². The van der Waals surface area contributed by atoms with Gasteiger partial charge in [0, 0.05) is 0 Å². The van der Waals surface area contributed by atoms with Crippen molar-refractivity contribution in [2.75, 3.05) is 0 Å². The Balaban J connectivity index is 1.30. The first-order valence-electron chi connectivity index (χ1n) is 48.9. The number of nitrogens with zero attached hydrogens (tertiary/aromatic N) is 5. The first-order chi connectivity index (χ1) is 61.4. The molecule has 380 valence electrons. The molecule has 0 saturated heterocycles. The Bertz CT molecular complexity index is 7410. The van der Waals surface area contributed by atoms with Crippen LogP contribution in [0, 0.1) is 0 Å². The molecule has 0 saturated carbocycles. The molecule has 0 radical (unpaired) electrons. The fourth-order valence-electron chi connectivity index (χ4n) is 9.08. The van der Waals surface area contributed by atoms with E-state index in [1.165, 1.54) is 0 Å². The van der Waals surface area contributed by atoms with Gasteiger partial charge in [-0.25, -0.2) is 0 Å². The van der Waals surface area contributed by atoms with Gasteiger partial charge in [0.05, 0.1) is 8.22 Å².